The van der Waals surface area contributed by atoms with E-state index in [1.54, 1.807) is 30.3 Å². The molecule has 22 heavy (non-hydrogen) atoms. The maximum absolute atomic E-state index is 13.8. The van der Waals surface area contributed by atoms with E-state index in [1.807, 2.05) is 6.07 Å². The molecule has 0 bridgehead atoms. The van der Waals surface area contributed by atoms with Crippen LogP contribution in [0, 0.1) is 5.82 Å². The monoisotopic (exact) mass is 360 g/mol. The van der Waals surface area contributed by atoms with Gasteiger partial charge in [-0.1, -0.05) is 0 Å². The molecule has 0 spiro atoms. The molecule has 4 rings (SSSR count). The number of fused-ring (bicyclic) bond motifs is 2. The number of phenolic OH excluding ortho intramolecular Hbond substituents is 1. The van der Waals surface area contributed by atoms with E-state index < -0.39 is 14.7 Å². The number of rotatable bonds is 1. The third kappa shape index (κ3) is 1.89. The Kier molecular flexibility index (Phi) is 2.89. The number of hydrogen-bond acceptors (Lipinski definition) is 3. The maximum atomic E-state index is 13.8. The van der Waals surface area contributed by atoms with Crippen molar-refractivity contribution >= 4 is 35.3 Å². The summed E-state index contributed by atoms with van der Waals surface area (Å²) < 4.78 is 15.8. The van der Waals surface area contributed by atoms with Crippen LogP contribution in [0.1, 0.15) is 0 Å². The van der Waals surface area contributed by atoms with Gasteiger partial charge in [0.05, 0.1) is 0 Å². The van der Waals surface area contributed by atoms with Gasteiger partial charge in [-0.2, -0.15) is 0 Å². The van der Waals surface area contributed by atoms with Crippen LogP contribution in [0.15, 0.2) is 53.3 Å². The Balaban J connectivity index is 2.03. The fourth-order valence-electron chi connectivity index (χ4n) is 2.40. The van der Waals surface area contributed by atoms with Crippen LogP contribution < -0.4 is 5.56 Å². The predicted octanol–water partition coefficient (Wildman–Crippen LogP) is 2.44. The standard InChI is InChI=1S/C16H9FN2O2Se/c17-11-5-2-4-10-15(11)22-19(16(10)21)13-8-7-9-3-1-6-12(20)14(9)18-13/h1-8,20H. The average Bonchev–Trinajstić information content (AvgIpc) is 2.86. The van der Waals surface area contributed by atoms with Crippen molar-refractivity contribution in [2.24, 2.45) is 0 Å². The van der Waals surface area contributed by atoms with Gasteiger partial charge in [0.15, 0.2) is 0 Å². The molecule has 0 saturated carbocycles. The molecule has 0 aliphatic rings. The summed E-state index contributed by atoms with van der Waals surface area (Å²) in [7, 11) is 0. The summed E-state index contributed by atoms with van der Waals surface area (Å²) in [6.07, 6.45) is 0. The van der Waals surface area contributed by atoms with E-state index in [-0.39, 0.29) is 17.1 Å². The van der Waals surface area contributed by atoms with Gasteiger partial charge in [-0.3, -0.25) is 0 Å². The SMILES string of the molecule is O=c1c2cccc(F)c2[se]n1-c1ccc2cccc(O)c2n1. The zero-order valence-corrected chi connectivity index (χ0v) is 12.9. The van der Waals surface area contributed by atoms with Crippen LogP contribution in [0.2, 0.25) is 0 Å². The van der Waals surface area contributed by atoms with E-state index in [0.29, 0.717) is 21.0 Å². The molecule has 108 valence electrons. The van der Waals surface area contributed by atoms with E-state index in [4.69, 9.17) is 0 Å². The Morgan fingerprint density at radius 2 is 1.91 bits per heavy atom. The van der Waals surface area contributed by atoms with Crippen molar-refractivity contribution in [3.05, 3.63) is 64.7 Å². The fraction of sp³-hybridized carbons (Fsp3) is 0. The van der Waals surface area contributed by atoms with Gasteiger partial charge in [-0.05, 0) is 0 Å². The van der Waals surface area contributed by atoms with Crippen molar-refractivity contribution in [1.29, 1.82) is 0 Å². The number of aromatic hydroxyl groups is 1. The molecule has 0 amide bonds. The van der Waals surface area contributed by atoms with Crippen LogP contribution in [0.5, 0.6) is 5.75 Å². The average molecular weight is 359 g/mol. The zero-order valence-electron chi connectivity index (χ0n) is 11.2. The van der Waals surface area contributed by atoms with Gasteiger partial charge in [-0.25, -0.2) is 0 Å². The Hall–Kier alpha value is -2.43. The molecule has 4 nitrogen and oxygen atoms in total. The molecular weight excluding hydrogens is 350 g/mol. The van der Waals surface area contributed by atoms with E-state index >= 15 is 0 Å². The number of pyridine rings is 1. The minimum absolute atomic E-state index is 0.0576. The molecule has 4 aromatic rings. The van der Waals surface area contributed by atoms with Gasteiger partial charge in [0.2, 0.25) is 0 Å². The van der Waals surface area contributed by atoms with Crippen LogP contribution in [-0.4, -0.2) is 28.4 Å². The molecule has 0 radical (unpaired) electrons. The van der Waals surface area contributed by atoms with Crippen LogP contribution in [-0.2, 0) is 0 Å². The normalized spacial score (nSPS) is 11.3. The number of aromatic nitrogens is 2. The van der Waals surface area contributed by atoms with Crippen molar-refractivity contribution in [2.45, 2.75) is 0 Å². The minimum atomic E-state index is -0.497. The summed E-state index contributed by atoms with van der Waals surface area (Å²) >= 11 is -0.497. The molecule has 1 N–H and O–H groups in total. The topological polar surface area (TPSA) is 55.1 Å². The van der Waals surface area contributed by atoms with Crippen LogP contribution in [0.3, 0.4) is 0 Å². The molecule has 0 fully saturated rings. The molecule has 0 aliphatic heterocycles. The molecule has 2 aromatic carbocycles. The first-order valence-corrected chi connectivity index (χ1v) is 8.17. The zero-order chi connectivity index (χ0) is 15.3. The van der Waals surface area contributed by atoms with Gasteiger partial charge in [0, 0.05) is 0 Å². The van der Waals surface area contributed by atoms with Gasteiger partial charge in [-0.15, -0.1) is 0 Å². The van der Waals surface area contributed by atoms with Crippen molar-refractivity contribution in [1.82, 2.24) is 8.55 Å². The molecule has 0 saturated heterocycles. The Labute approximate surface area is 130 Å². The van der Waals surface area contributed by atoms with E-state index in [9.17, 15) is 14.3 Å². The summed E-state index contributed by atoms with van der Waals surface area (Å²) in [6.45, 7) is 0. The second-order valence-corrected chi connectivity index (χ2v) is 6.83. The molecule has 0 aliphatic carbocycles. The fourth-order valence-corrected chi connectivity index (χ4v) is 4.43. The second kappa shape index (κ2) is 4.80. The summed E-state index contributed by atoms with van der Waals surface area (Å²) in [5, 5.41) is 11.1. The summed E-state index contributed by atoms with van der Waals surface area (Å²) in [5.74, 6) is 0.119. The number of phenols is 1. The van der Waals surface area contributed by atoms with Crippen LogP contribution in [0.4, 0.5) is 4.39 Å². The van der Waals surface area contributed by atoms with Gasteiger partial charge in [0.25, 0.3) is 0 Å². The van der Waals surface area contributed by atoms with Crippen LogP contribution in [0.25, 0.3) is 26.4 Å². The predicted molar refractivity (Wildman–Crippen MR) is 83.4 cm³/mol. The van der Waals surface area contributed by atoms with Crippen molar-refractivity contribution in [3.8, 4) is 11.6 Å². The molecule has 0 atom stereocenters. The number of hydrogen-bond donors (Lipinski definition) is 1. The van der Waals surface area contributed by atoms with E-state index in [0.717, 1.165) is 5.39 Å². The quantitative estimate of drug-likeness (QED) is 0.531. The van der Waals surface area contributed by atoms with Gasteiger partial charge >= 0.3 is 130 Å². The molecule has 2 aromatic heterocycles. The van der Waals surface area contributed by atoms with Gasteiger partial charge in [0.1, 0.15) is 0 Å². The summed E-state index contributed by atoms with van der Waals surface area (Å²) in [4.78, 5) is 16.8. The first-order chi connectivity index (χ1) is 10.6. The molecule has 2 heterocycles. The van der Waals surface area contributed by atoms with Crippen molar-refractivity contribution in [2.75, 3.05) is 0 Å². The number of para-hydroxylation sites is 1. The third-order valence-corrected chi connectivity index (χ3v) is 5.83. The number of halogens is 1. The molecule has 0 unspecified atom stereocenters. The van der Waals surface area contributed by atoms with Crippen LogP contribution >= 0.6 is 0 Å². The van der Waals surface area contributed by atoms with Crippen molar-refractivity contribution in [3.63, 3.8) is 0 Å². The Morgan fingerprint density at radius 1 is 1.09 bits per heavy atom. The first-order valence-electron chi connectivity index (χ1n) is 6.55. The van der Waals surface area contributed by atoms with E-state index in [2.05, 4.69) is 4.98 Å². The second-order valence-electron chi connectivity index (χ2n) is 4.83. The number of benzene rings is 2. The van der Waals surface area contributed by atoms with Crippen molar-refractivity contribution < 1.29 is 9.50 Å². The Bertz CT molecular complexity index is 1080. The van der Waals surface area contributed by atoms with E-state index in [1.165, 1.54) is 15.7 Å². The molecule has 6 heteroatoms. The molecular formula is C16H9FN2O2Se. The third-order valence-electron chi connectivity index (χ3n) is 3.46. The summed E-state index contributed by atoms with van der Waals surface area (Å²) in [5.41, 5.74) is 0.178. The first kappa shape index (κ1) is 13.2. The Morgan fingerprint density at radius 3 is 2.73 bits per heavy atom. The summed E-state index contributed by atoms with van der Waals surface area (Å²) in [6, 6.07) is 13.1. The number of nitrogens with zero attached hydrogens (tertiary/aromatic N) is 2. The van der Waals surface area contributed by atoms with Gasteiger partial charge < -0.3 is 0 Å².